The Morgan fingerprint density at radius 2 is 1.90 bits per heavy atom. The minimum atomic E-state index is 0.461. The first-order valence-electron chi connectivity index (χ1n) is 7.42. The molecule has 0 spiro atoms. The summed E-state index contributed by atoms with van der Waals surface area (Å²) in [6, 6.07) is 10.2. The zero-order valence-electron chi connectivity index (χ0n) is 13.0. The summed E-state index contributed by atoms with van der Waals surface area (Å²) in [5.74, 6) is 0. The maximum atomic E-state index is 8.68. The van der Waals surface area contributed by atoms with E-state index in [2.05, 4.69) is 30.3 Å². The lowest BCUT2D eigenvalue weighted by Crippen LogP contribution is -2.05. The van der Waals surface area contributed by atoms with Crippen molar-refractivity contribution in [3.63, 3.8) is 0 Å². The summed E-state index contributed by atoms with van der Waals surface area (Å²) < 4.78 is 1.99. The van der Waals surface area contributed by atoms with E-state index in [1.165, 1.54) is 17.0 Å². The molecule has 4 heteroatoms. The zero-order valence-corrected chi connectivity index (χ0v) is 13.0. The first-order valence-corrected chi connectivity index (χ1v) is 7.42. The highest BCUT2D eigenvalue weighted by Gasteiger charge is 2.12. The van der Waals surface area contributed by atoms with Gasteiger partial charge in [-0.05, 0) is 30.5 Å². The lowest BCUT2D eigenvalue weighted by atomic mass is 10.1. The molecule has 0 saturated heterocycles. The molecule has 2 rings (SSSR count). The summed E-state index contributed by atoms with van der Waals surface area (Å²) in [5, 5.41) is 16.7. The average molecular weight is 282 g/mol. The van der Waals surface area contributed by atoms with E-state index in [9.17, 15) is 0 Å². The number of benzene rings is 1. The number of nitrogens with zero attached hydrogens (tertiary/aromatic N) is 3. The van der Waals surface area contributed by atoms with Gasteiger partial charge in [-0.25, -0.2) is 0 Å². The van der Waals surface area contributed by atoms with Crippen molar-refractivity contribution < 1.29 is 0 Å². The van der Waals surface area contributed by atoms with E-state index in [0.29, 0.717) is 6.42 Å². The van der Waals surface area contributed by atoms with Crippen molar-refractivity contribution in [3.05, 3.63) is 46.8 Å². The molecule has 0 unspecified atom stereocenters. The van der Waals surface area contributed by atoms with Crippen LogP contribution in [0.3, 0.4) is 0 Å². The fourth-order valence-electron chi connectivity index (χ4n) is 2.62. The molecule has 1 heterocycles. The number of nitriles is 1. The Morgan fingerprint density at radius 3 is 2.48 bits per heavy atom. The lowest BCUT2D eigenvalue weighted by Gasteiger charge is -2.09. The summed E-state index contributed by atoms with van der Waals surface area (Å²) in [5.41, 5.74) is 5.89. The molecule has 1 aromatic carbocycles. The van der Waals surface area contributed by atoms with Crippen LogP contribution in [0.1, 0.15) is 36.4 Å². The van der Waals surface area contributed by atoms with Gasteiger partial charge < -0.3 is 5.32 Å². The summed E-state index contributed by atoms with van der Waals surface area (Å²) in [4.78, 5) is 0. The topological polar surface area (TPSA) is 53.6 Å². The molecule has 0 aliphatic rings. The molecule has 0 amide bonds. The second kappa shape index (κ2) is 6.94. The van der Waals surface area contributed by atoms with Gasteiger partial charge in [0, 0.05) is 30.5 Å². The van der Waals surface area contributed by atoms with E-state index in [0.717, 1.165) is 30.6 Å². The first-order chi connectivity index (χ1) is 10.2. The number of hydrogen-bond acceptors (Lipinski definition) is 3. The van der Waals surface area contributed by atoms with Crippen LogP contribution in [-0.2, 0) is 32.9 Å². The molecular formula is C17H22N4. The lowest BCUT2D eigenvalue weighted by molar-refractivity contribution is 0.703. The van der Waals surface area contributed by atoms with Crippen LogP contribution in [0.5, 0.6) is 0 Å². The second-order valence-corrected chi connectivity index (χ2v) is 5.09. The average Bonchev–Trinajstić information content (AvgIpc) is 2.82. The first kappa shape index (κ1) is 15.1. The van der Waals surface area contributed by atoms with Crippen molar-refractivity contribution in [2.45, 2.75) is 39.7 Å². The maximum absolute atomic E-state index is 8.68. The normalized spacial score (nSPS) is 10.4. The van der Waals surface area contributed by atoms with Gasteiger partial charge in [-0.15, -0.1) is 0 Å². The van der Waals surface area contributed by atoms with E-state index in [1.54, 1.807) is 0 Å². The Kier molecular flexibility index (Phi) is 4.99. The van der Waals surface area contributed by atoms with Crippen molar-refractivity contribution in [3.8, 4) is 6.07 Å². The molecule has 4 nitrogen and oxygen atoms in total. The highest BCUT2D eigenvalue weighted by molar-refractivity contribution is 5.46. The molecule has 0 atom stereocenters. The molecule has 1 N–H and O–H groups in total. The summed E-state index contributed by atoms with van der Waals surface area (Å²) in [7, 11) is 2.01. The number of nitrogens with one attached hydrogen (secondary N) is 1. The van der Waals surface area contributed by atoms with Crippen molar-refractivity contribution in [2.24, 2.45) is 7.05 Å². The molecule has 21 heavy (non-hydrogen) atoms. The Hall–Kier alpha value is -2.28. The van der Waals surface area contributed by atoms with Crippen molar-refractivity contribution in [1.82, 2.24) is 9.78 Å². The molecule has 0 radical (unpaired) electrons. The molecule has 0 bridgehead atoms. The maximum Gasteiger partial charge on any atom is 0.0674 e. The van der Waals surface area contributed by atoms with E-state index >= 15 is 0 Å². The smallest absolute Gasteiger partial charge is 0.0674 e. The molecule has 0 fully saturated rings. The number of aryl methyl sites for hydroxylation is 2. The Balaban J connectivity index is 2.11. The van der Waals surface area contributed by atoms with E-state index < -0.39 is 0 Å². The monoisotopic (exact) mass is 282 g/mol. The highest BCUT2D eigenvalue weighted by atomic mass is 15.3. The zero-order chi connectivity index (χ0) is 15.2. The van der Waals surface area contributed by atoms with Crippen LogP contribution in [-0.4, -0.2) is 9.78 Å². The predicted molar refractivity (Wildman–Crippen MR) is 85.0 cm³/mol. The standard InChI is InChI=1S/C17H22N4/c1-4-16-15(17(5-2)21(3)20-16)12-19-14-8-6-13(7-9-14)10-11-18/h6-9,19H,4-5,10,12H2,1-3H3. The highest BCUT2D eigenvalue weighted by Crippen LogP contribution is 2.18. The molecule has 0 aliphatic heterocycles. The third-order valence-electron chi connectivity index (χ3n) is 3.73. The van der Waals surface area contributed by atoms with Crippen LogP contribution >= 0.6 is 0 Å². The van der Waals surface area contributed by atoms with Gasteiger partial charge in [0.05, 0.1) is 18.2 Å². The number of aromatic nitrogens is 2. The largest absolute Gasteiger partial charge is 0.381 e. The van der Waals surface area contributed by atoms with Crippen LogP contribution in [0.4, 0.5) is 5.69 Å². The molecule has 0 aliphatic carbocycles. The van der Waals surface area contributed by atoms with Gasteiger partial charge in [0.25, 0.3) is 0 Å². The number of anilines is 1. The third kappa shape index (κ3) is 3.43. The second-order valence-electron chi connectivity index (χ2n) is 5.09. The molecule has 110 valence electrons. The van der Waals surface area contributed by atoms with Gasteiger partial charge in [0.2, 0.25) is 0 Å². The minimum Gasteiger partial charge on any atom is -0.381 e. The number of rotatable bonds is 6. The van der Waals surface area contributed by atoms with Crippen LogP contribution < -0.4 is 5.32 Å². The van der Waals surface area contributed by atoms with Gasteiger partial charge in [0.1, 0.15) is 0 Å². The SMILES string of the molecule is CCc1nn(C)c(CC)c1CNc1ccc(CC#N)cc1. The molecule has 1 aromatic heterocycles. The van der Waals surface area contributed by atoms with Crippen LogP contribution in [0.2, 0.25) is 0 Å². The molecular weight excluding hydrogens is 260 g/mol. The van der Waals surface area contributed by atoms with Crippen molar-refractivity contribution in [2.75, 3.05) is 5.32 Å². The van der Waals surface area contributed by atoms with Gasteiger partial charge in [-0.2, -0.15) is 10.4 Å². The minimum absolute atomic E-state index is 0.461. The van der Waals surface area contributed by atoms with E-state index in [-0.39, 0.29) is 0 Å². The third-order valence-corrected chi connectivity index (χ3v) is 3.73. The van der Waals surface area contributed by atoms with E-state index in [1.807, 2.05) is 36.0 Å². The Bertz CT molecular complexity index is 632. The quantitative estimate of drug-likeness (QED) is 0.885. The predicted octanol–water partition coefficient (Wildman–Crippen LogP) is 3.22. The van der Waals surface area contributed by atoms with Crippen molar-refractivity contribution >= 4 is 5.69 Å². The fraction of sp³-hybridized carbons (Fsp3) is 0.412. The van der Waals surface area contributed by atoms with Crippen LogP contribution in [0.25, 0.3) is 0 Å². The van der Waals surface area contributed by atoms with Gasteiger partial charge in [0.15, 0.2) is 0 Å². The molecule has 0 saturated carbocycles. The van der Waals surface area contributed by atoms with Crippen LogP contribution in [0.15, 0.2) is 24.3 Å². The Morgan fingerprint density at radius 1 is 1.19 bits per heavy atom. The van der Waals surface area contributed by atoms with Crippen LogP contribution in [0, 0.1) is 11.3 Å². The number of hydrogen-bond donors (Lipinski definition) is 1. The summed E-state index contributed by atoms with van der Waals surface area (Å²) in [6.07, 6.45) is 2.40. The van der Waals surface area contributed by atoms with Crippen molar-refractivity contribution in [1.29, 1.82) is 5.26 Å². The molecule has 2 aromatic rings. The van der Waals surface area contributed by atoms with Gasteiger partial charge in [-0.1, -0.05) is 26.0 Å². The Labute approximate surface area is 126 Å². The van der Waals surface area contributed by atoms with Gasteiger partial charge >= 0.3 is 0 Å². The summed E-state index contributed by atoms with van der Waals surface area (Å²) >= 11 is 0. The van der Waals surface area contributed by atoms with E-state index in [4.69, 9.17) is 5.26 Å². The van der Waals surface area contributed by atoms with Gasteiger partial charge in [-0.3, -0.25) is 4.68 Å². The fourth-order valence-corrected chi connectivity index (χ4v) is 2.62. The summed E-state index contributed by atoms with van der Waals surface area (Å²) in [6.45, 7) is 5.09.